The fourth-order valence-corrected chi connectivity index (χ4v) is 4.54. The van der Waals surface area contributed by atoms with E-state index >= 15 is 0 Å². The Morgan fingerprint density at radius 3 is 2.33 bits per heavy atom. The molecule has 0 spiro atoms. The van der Waals surface area contributed by atoms with Crippen LogP contribution in [0.2, 0.25) is 0 Å². The smallest absolute Gasteiger partial charge is 0.243 e. The second kappa shape index (κ2) is 4.59. The van der Waals surface area contributed by atoms with Crippen molar-refractivity contribution in [1.82, 2.24) is 4.31 Å². The molecule has 1 aliphatic heterocycles. The summed E-state index contributed by atoms with van der Waals surface area (Å²) in [5.41, 5.74) is 5.46. The Labute approximate surface area is 116 Å². The van der Waals surface area contributed by atoms with Crippen molar-refractivity contribution < 1.29 is 8.42 Å². The van der Waals surface area contributed by atoms with E-state index in [-0.39, 0.29) is 6.04 Å². The minimum absolute atomic E-state index is 0.0924. The highest BCUT2D eigenvalue weighted by Gasteiger charge is 2.44. The number of sulfonamides is 1. The molecule has 1 aromatic rings. The van der Waals surface area contributed by atoms with Gasteiger partial charge in [-0.15, -0.1) is 0 Å². The van der Waals surface area contributed by atoms with E-state index < -0.39 is 15.6 Å². The zero-order chi connectivity index (χ0) is 13.6. The van der Waals surface area contributed by atoms with Gasteiger partial charge in [-0.1, -0.05) is 15.9 Å². The first-order valence-electron chi connectivity index (χ1n) is 5.77. The number of halogens is 1. The Hall–Kier alpha value is -0.430. The van der Waals surface area contributed by atoms with Crippen molar-refractivity contribution in [3.8, 4) is 0 Å². The number of nitrogens with zero attached hydrogens (tertiary/aromatic N) is 1. The molecule has 100 valence electrons. The molecule has 1 saturated heterocycles. The maximum Gasteiger partial charge on any atom is 0.243 e. The lowest BCUT2D eigenvalue weighted by atomic mass is 10.0. The molecule has 1 fully saturated rings. The first kappa shape index (κ1) is 14.0. The highest BCUT2D eigenvalue weighted by Crippen LogP contribution is 2.33. The molecular weight excluding hydrogens is 316 g/mol. The average Bonchev–Trinajstić information content (AvgIpc) is 2.53. The zero-order valence-electron chi connectivity index (χ0n) is 10.4. The van der Waals surface area contributed by atoms with Crippen LogP contribution in [0, 0.1) is 0 Å². The van der Waals surface area contributed by atoms with Gasteiger partial charge in [0.05, 0.1) is 4.90 Å². The van der Waals surface area contributed by atoms with Crippen LogP contribution in [0.15, 0.2) is 33.6 Å². The van der Waals surface area contributed by atoms with Crippen LogP contribution >= 0.6 is 15.9 Å². The normalized spacial score (nSPS) is 24.3. The fourth-order valence-electron chi connectivity index (χ4n) is 2.43. The molecule has 1 unspecified atom stereocenters. The highest BCUT2D eigenvalue weighted by molar-refractivity contribution is 9.10. The lowest BCUT2D eigenvalue weighted by Gasteiger charge is -2.30. The minimum Gasteiger partial charge on any atom is -0.326 e. The summed E-state index contributed by atoms with van der Waals surface area (Å²) >= 11 is 3.30. The Kier molecular flexibility index (Phi) is 3.57. The van der Waals surface area contributed by atoms with Crippen LogP contribution in [0.5, 0.6) is 0 Å². The summed E-state index contributed by atoms with van der Waals surface area (Å²) in [5.74, 6) is 0. The molecule has 0 bridgehead atoms. The standard InChI is InChI=1S/C12H17BrN2O2S/c1-12(2)7-10(14)8-15(12)18(16,17)11-5-3-9(13)4-6-11/h3-6,10H,7-8,14H2,1-2H3. The molecule has 4 nitrogen and oxygen atoms in total. The summed E-state index contributed by atoms with van der Waals surface area (Å²) in [6, 6.07) is 6.59. The van der Waals surface area contributed by atoms with Crippen molar-refractivity contribution in [1.29, 1.82) is 0 Å². The second-order valence-electron chi connectivity index (χ2n) is 5.27. The third-order valence-corrected chi connectivity index (χ3v) is 5.86. The molecule has 0 saturated carbocycles. The van der Waals surface area contributed by atoms with Crippen LogP contribution in [0.25, 0.3) is 0 Å². The first-order chi connectivity index (χ1) is 8.23. The Morgan fingerprint density at radius 2 is 1.89 bits per heavy atom. The lowest BCUT2D eigenvalue weighted by molar-refractivity contribution is 0.291. The van der Waals surface area contributed by atoms with E-state index in [9.17, 15) is 8.42 Å². The molecule has 1 aliphatic rings. The van der Waals surface area contributed by atoms with E-state index in [0.717, 1.165) is 4.47 Å². The molecule has 0 aliphatic carbocycles. The molecular formula is C12H17BrN2O2S. The quantitative estimate of drug-likeness (QED) is 0.900. The van der Waals surface area contributed by atoms with Crippen LogP contribution in [-0.2, 0) is 10.0 Å². The van der Waals surface area contributed by atoms with Gasteiger partial charge in [-0.3, -0.25) is 0 Å². The molecule has 2 N–H and O–H groups in total. The maximum atomic E-state index is 12.6. The average molecular weight is 333 g/mol. The van der Waals surface area contributed by atoms with Gasteiger partial charge in [-0.2, -0.15) is 4.31 Å². The Morgan fingerprint density at radius 1 is 1.33 bits per heavy atom. The van der Waals surface area contributed by atoms with Gasteiger partial charge >= 0.3 is 0 Å². The molecule has 2 rings (SSSR count). The van der Waals surface area contributed by atoms with E-state index in [1.54, 1.807) is 24.3 Å². The third-order valence-electron chi connectivity index (χ3n) is 3.24. The topological polar surface area (TPSA) is 63.4 Å². The second-order valence-corrected chi connectivity index (χ2v) is 8.04. The summed E-state index contributed by atoms with van der Waals surface area (Å²) in [6.45, 7) is 4.21. The summed E-state index contributed by atoms with van der Waals surface area (Å²) in [5, 5.41) is 0. The van der Waals surface area contributed by atoms with Crippen LogP contribution < -0.4 is 5.73 Å². The zero-order valence-corrected chi connectivity index (χ0v) is 12.8. The van der Waals surface area contributed by atoms with Gasteiger partial charge < -0.3 is 5.73 Å². The van der Waals surface area contributed by atoms with Crippen LogP contribution in [0.4, 0.5) is 0 Å². The highest BCUT2D eigenvalue weighted by atomic mass is 79.9. The SMILES string of the molecule is CC1(C)CC(N)CN1S(=O)(=O)c1ccc(Br)cc1. The van der Waals surface area contributed by atoms with Crippen molar-refractivity contribution in [2.75, 3.05) is 6.54 Å². The van der Waals surface area contributed by atoms with Gasteiger partial charge in [-0.25, -0.2) is 8.42 Å². The minimum atomic E-state index is -3.46. The third kappa shape index (κ3) is 2.47. The number of rotatable bonds is 2. The summed E-state index contributed by atoms with van der Waals surface area (Å²) in [6.07, 6.45) is 0.683. The van der Waals surface area contributed by atoms with E-state index in [1.807, 2.05) is 13.8 Å². The van der Waals surface area contributed by atoms with Crippen LogP contribution in [0.1, 0.15) is 20.3 Å². The first-order valence-corrected chi connectivity index (χ1v) is 8.01. The Bertz CT molecular complexity index is 540. The van der Waals surface area contributed by atoms with Gasteiger partial charge in [0.2, 0.25) is 10.0 Å². The monoisotopic (exact) mass is 332 g/mol. The Balaban J connectivity index is 2.40. The van der Waals surface area contributed by atoms with E-state index in [2.05, 4.69) is 15.9 Å². The van der Waals surface area contributed by atoms with Gasteiger partial charge in [0.1, 0.15) is 0 Å². The summed E-state index contributed by atoms with van der Waals surface area (Å²) in [7, 11) is -3.46. The molecule has 0 radical (unpaired) electrons. The van der Waals surface area contributed by atoms with Gasteiger partial charge in [0.25, 0.3) is 0 Å². The lowest BCUT2D eigenvalue weighted by Crippen LogP contribution is -2.42. The van der Waals surface area contributed by atoms with Gasteiger partial charge in [-0.05, 0) is 44.5 Å². The predicted octanol–water partition coefficient (Wildman–Crippen LogP) is 1.95. The molecule has 0 amide bonds. The van der Waals surface area contributed by atoms with E-state index in [1.165, 1.54) is 4.31 Å². The number of benzene rings is 1. The van der Waals surface area contributed by atoms with Crippen LogP contribution in [-0.4, -0.2) is 30.8 Å². The van der Waals surface area contributed by atoms with Crippen molar-refractivity contribution in [3.05, 3.63) is 28.7 Å². The van der Waals surface area contributed by atoms with Crippen molar-refractivity contribution in [2.24, 2.45) is 5.73 Å². The largest absolute Gasteiger partial charge is 0.326 e. The van der Waals surface area contributed by atoms with E-state index in [4.69, 9.17) is 5.73 Å². The molecule has 1 aromatic carbocycles. The fraction of sp³-hybridized carbons (Fsp3) is 0.500. The van der Waals surface area contributed by atoms with Crippen molar-refractivity contribution in [2.45, 2.75) is 36.7 Å². The van der Waals surface area contributed by atoms with Gasteiger partial charge in [0.15, 0.2) is 0 Å². The molecule has 6 heteroatoms. The van der Waals surface area contributed by atoms with Crippen LogP contribution in [0.3, 0.4) is 0 Å². The maximum absolute atomic E-state index is 12.6. The summed E-state index contributed by atoms with van der Waals surface area (Å²) in [4.78, 5) is 0.313. The number of hydrogen-bond donors (Lipinski definition) is 1. The molecule has 1 atom stereocenters. The number of hydrogen-bond acceptors (Lipinski definition) is 3. The number of nitrogens with two attached hydrogens (primary N) is 1. The molecule has 0 aromatic heterocycles. The van der Waals surface area contributed by atoms with Crippen molar-refractivity contribution in [3.63, 3.8) is 0 Å². The van der Waals surface area contributed by atoms with E-state index in [0.29, 0.717) is 17.9 Å². The van der Waals surface area contributed by atoms with Gasteiger partial charge in [0, 0.05) is 22.6 Å². The summed E-state index contributed by atoms with van der Waals surface area (Å²) < 4.78 is 27.5. The van der Waals surface area contributed by atoms with Crippen molar-refractivity contribution >= 4 is 26.0 Å². The predicted molar refractivity (Wildman–Crippen MR) is 74.7 cm³/mol. The molecule has 18 heavy (non-hydrogen) atoms. The molecule has 1 heterocycles.